The van der Waals surface area contributed by atoms with E-state index in [-0.39, 0.29) is 0 Å². The molecule has 0 aliphatic heterocycles. The topological polar surface area (TPSA) is 129 Å². The zero-order valence-electron chi connectivity index (χ0n) is 29.2. The number of amides is 2. The Morgan fingerprint density at radius 3 is 2.41 bits per heavy atom. The lowest BCUT2D eigenvalue weighted by Gasteiger charge is -2.43. The molecular weight excluding hydrogens is 616 g/mol. The molecule has 5 rings (SSSR count). The van der Waals surface area contributed by atoms with Crippen molar-refractivity contribution in [3.8, 4) is 11.3 Å². The Bertz CT molecular complexity index is 1800. The van der Waals surface area contributed by atoms with Gasteiger partial charge in [0.15, 0.2) is 5.82 Å². The highest BCUT2D eigenvalue weighted by atomic mass is 16.6. The minimum atomic E-state index is -0.572. The molecule has 1 aliphatic rings. The van der Waals surface area contributed by atoms with Gasteiger partial charge < -0.3 is 30.5 Å². The Morgan fingerprint density at radius 1 is 1.00 bits per heavy atom. The fraction of sp³-hybridized carbons (Fsp3) is 0.342. The average Bonchev–Trinajstić information content (AvgIpc) is 3.07. The van der Waals surface area contributed by atoms with E-state index in [4.69, 9.17) is 20.4 Å². The van der Waals surface area contributed by atoms with Gasteiger partial charge in [0.25, 0.3) is 0 Å². The number of ether oxygens (including phenoxy) is 1. The van der Waals surface area contributed by atoms with Crippen LogP contribution < -0.4 is 20.9 Å². The molecule has 11 heteroatoms. The third kappa shape index (κ3) is 8.53. The van der Waals surface area contributed by atoms with Crippen LogP contribution in [0.3, 0.4) is 0 Å². The molecule has 0 atom stereocenters. The summed E-state index contributed by atoms with van der Waals surface area (Å²) in [5.41, 5.74) is 11.1. The van der Waals surface area contributed by atoms with Crippen LogP contribution in [0.1, 0.15) is 51.2 Å². The first-order chi connectivity index (χ1) is 23.4. The first kappa shape index (κ1) is 34.9. The summed E-state index contributed by atoms with van der Waals surface area (Å²) in [5.74, 6) is 1.05. The molecule has 0 radical (unpaired) electrons. The number of anilines is 4. The Kier molecular flexibility index (Phi) is 10.5. The van der Waals surface area contributed by atoms with E-state index >= 15 is 0 Å². The smallest absolute Gasteiger partial charge is 0.408 e. The second-order valence-electron chi connectivity index (χ2n) is 13.5. The summed E-state index contributed by atoms with van der Waals surface area (Å²) < 4.78 is 5.57. The number of rotatable bonds is 12. The number of likely N-dealkylation sites (N-methyl/N-ethyl adjacent to an activating group) is 2. The lowest BCUT2D eigenvalue weighted by molar-refractivity contribution is -0.116. The van der Waals surface area contributed by atoms with Gasteiger partial charge in [0.1, 0.15) is 17.1 Å². The number of hydrogen-bond donors (Lipinski definition) is 2. The van der Waals surface area contributed by atoms with Gasteiger partial charge in [-0.3, -0.25) is 9.79 Å². The van der Waals surface area contributed by atoms with Crippen molar-refractivity contribution in [3.05, 3.63) is 90.1 Å². The Balaban J connectivity index is 1.46. The van der Waals surface area contributed by atoms with Crippen molar-refractivity contribution in [1.82, 2.24) is 20.2 Å². The normalized spacial score (nSPS) is 13.8. The van der Waals surface area contributed by atoms with Crippen LogP contribution in [0, 0.1) is 0 Å². The van der Waals surface area contributed by atoms with Crippen molar-refractivity contribution < 1.29 is 14.3 Å². The maximum absolute atomic E-state index is 12.7. The van der Waals surface area contributed by atoms with Gasteiger partial charge >= 0.3 is 6.09 Å². The minimum absolute atomic E-state index is 0.395. The van der Waals surface area contributed by atoms with Crippen molar-refractivity contribution in [2.45, 2.75) is 51.2 Å². The van der Waals surface area contributed by atoms with E-state index in [0.29, 0.717) is 36.0 Å². The number of alkyl carbamates (subject to hydrolysis) is 1. The molecule has 1 saturated carbocycles. The van der Waals surface area contributed by atoms with Gasteiger partial charge in [-0.1, -0.05) is 24.3 Å². The number of hydrogen-bond acceptors (Lipinski definition) is 9. The predicted octanol–water partition coefficient (Wildman–Crippen LogP) is 6.67. The van der Waals surface area contributed by atoms with Gasteiger partial charge in [0, 0.05) is 69.1 Å². The van der Waals surface area contributed by atoms with Crippen LogP contribution >= 0.6 is 0 Å². The Morgan fingerprint density at radius 2 is 1.76 bits per heavy atom. The Labute approximate surface area is 288 Å². The molecule has 0 spiro atoms. The summed E-state index contributed by atoms with van der Waals surface area (Å²) in [4.78, 5) is 43.6. The van der Waals surface area contributed by atoms with E-state index in [2.05, 4.69) is 33.4 Å². The molecule has 0 saturated heterocycles. The molecule has 0 unspecified atom stereocenters. The second kappa shape index (κ2) is 14.8. The predicted molar refractivity (Wildman–Crippen MR) is 197 cm³/mol. The molecule has 2 heterocycles. The van der Waals surface area contributed by atoms with Crippen molar-refractivity contribution in [2.24, 2.45) is 4.99 Å². The number of benzene rings is 2. The number of nitrogen functional groups attached to an aromatic ring is 1. The van der Waals surface area contributed by atoms with Crippen molar-refractivity contribution in [3.63, 3.8) is 0 Å². The minimum Gasteiger partial charge on any atom is -0.444 e. The van der Waals surface area contributed by atoms with E-state index in [1.165, 1.54) is 0 Å². The second-order valence-corrected chi connectivity index (χ2v) is 13.5. The van der Waals surface area contributed by atoms with Crippen molar-refractivity contribution in [2.75, 3.05) is 49.8 Å². The maximum atomic E-state index is 12.7. The summed E-state index contributed by atoms with van der Waals surface area (Å²) in [6.45, 7) is 6.90. The highest BCUT2D eigenvalue weighted by Crippen LogP contribution is 2.42. The van der Waals surface area contributed by atoms with Crippen molar-refractivity contribution >= 4 is 47.4 Å². The monoisotopic (exact) mass is 662 g/mol. The van der Waals surface area contributed by atoms with Crippen LogP contribution in [0.4, 0.5) is 33.5 Å². The van der Waals surface area contributed by atoms with Crippen LogP contribution in [0.5, 0.6) is 0 Å². The number of nitrogens with zero attached hydrogens (tertiary/aromatic N) is 6. The van der Waals surface area contributed by atoms with Crippen LogP contribution in [-0.2, 0) is 15.1 Å². The SMILES string of the molecule is CN(C=O)CCN(C)c1cccc(-c2ccc(/N=C/c3cccnc3N)c(N(C)c3ccc(C4(NC(=O)OC(C)(C)C)CCC4)cc3)n2)c1. The Hall–Kier alpha value is -5.45. The van der Waals surface area contributed by atoms with Gasteiger partial charge in [-0.15, -0.1) is 0 Å². The molecule has 256 valence electrons. The number of carbonyl (C=O) groups excluding carboxylic acids is 2. The molecule has 4 aromatic rings. The molecule has 2 amide bonds. The summed E-state index contributed by atoms with van der Waals surface area (Å²) in [7, 11) is 5.74. The quantitative estimate of drug-likeness (QED) is 0.127. The van der Waals surface area contributed by atoms with Crippen LogP contribution in [0.25, 0.3) is 11.3 Å². The van der Waals surface area contributed by atoms with E-state index in [0.717, 1.165) is 53.9 Å². The maximum Gasteiger partial charge on any atom is 0.408 e. The first-order valence-corrected chi connectivity index (χ1v) is 16.5. The number of nitrogens with two attached hydrogens (primary N) is 1. The van der Waals surface area contributed by atoms with Crippen LogP contribution in [0.15, 0.2) is 84.0 Å². The molecule has 2 aromatic heterocycles. The van der Waals surface area contributed by atoms with Gasteiger partial charge in [-0.2, -0.15) is 0 Å². The number of pyridine rings is 2. The highest BCUT2D eigenvalue weighted by molar-refractivity contribution is 5.89. The largest absolute Gasteiger partial charge is 0.444 e. The molecule has 0 bridgehead atoms. The van der Waals surface area contributed by atoms with E-state index in [9.17, 15) is 9.59 Å². The summed E-state index contributed by atoms with van der Waals surface area (Å²) in [5, 5.41) is 3.14. The molecule has 11 nitrogen and oxygen atoms in total. The zero-order valence-corrected chi connectivity index (χ0v) is 29.2. The number of nitrogens with one attached hydrogen (secondary N) is 1. The van der Waals surface area contributed by atoms with E-state index < -0.39 is 17.2 Å². The van der Waals surface area contributed by atoms with Crippen LogP contribution in [0.2, 0.25) is 0 Å². The molecule has 1 aliphatic carbocycles. The fourth-order valence-corrected chi connectivity index (χ4v) is 5.66. The highest BCUT2D eigenvalue weighted by Gasteiger charge is 2.41. The van der Waals surface area contributed by atoms with E-state index in [1.807, 2.05) is 94.4 Å². The summed E-state index contributed by atoms with van der Waals surface area (Å²) >= 11 is 0. The number of carbonyl (C=O) groups is 2. The van der Waals surface area contributed by atoms with Crippen LogP contribution in [-0.4, -0.2) is 73.4 Å². The third-order valence-corrected chi connectivity index (χ3v) is 8.69. The number of aromatic nitrogens is 2. The lowest BCUT2D eigenvalue weighted by atomic mass is 9.72. The van der Waals surface area contributed by atoms with E-state index in [1.54, 1.807) is 24.4 Å². The summed E-state index contributed by atoms with van der Waals surface area (Å²) in [6.07, 6.45) is 6.51. The average molecular weight is 663 g/mol. The molecule has 49 heavy (non-hydrogen) atoms. The van der Waals surface area contributed by atoms with Gasteiger partial charge in [-0.25, -0.2) is 14.8 Å². The summed E-state index contributed by atoms with van der Waals surface area (Å²) in [6, 6.07) is 24.0. The first-order valence-electron chi connectivity index (χ1n) is 16.5. The zero-order chi connectivity index (χ0) is 35.2. The lowest BCUT2D eigenvalue weighted by Crippen LogP contribution is -2.52. The fourth-order valence-electron chi connectivity index (χ4n) is 5.66. The third-order valence-electron chi connectivity index (χ3n) is 8.69. The van der Waals surface area contributed by atoms with Gasteiger partial charge in [-0.05, 0) is 94.1 Å². The molecular formula is C38H46N8O3. The number of aliphatic imine (C=N–C) groups is 1. The van der Waals surface area contributed by atoms with Gasteiger partial charge in [0.2, 0.25) is 6.41 Å². The van der Waals surface area contributed by atoms with Gasteiger partial charge in [0.05, 0.1) is 11.2 Å². The molecule has 1 fully saturated rings. The standard InChI is InChI=1S/C38H46N8O3/c1-37(2,3)49-36(48)43-38(19-9-20-38)29-13-15-30(16-14-29)46(6)35-33(41-25-28-11-8-21-40-34(28)39)18-17-32(42-35)27-10-7-12-31(24-27)45(5)23-22-44(4)26-47/h7-8,10-18,21,24-26H,9,19-20,22-23H2,1-6H3,(H2,39,40)(H,43,48)/b41-25+. The molecule has 2 aromatic carbocycles. The van der Waals surface area contributed by atoms with Crippen molar-refractivity contribution in [1.29, 1.82) is 0 Å². The molecule has 3 N–H and O–H groups in total.